The molecule has 0 saturated heterocycles. The fraction of sp³-hybridized carbons (Fsp3) is 0.0213. The van der Waals surface area contributed by atoms with Crippen molar-refractivity contribution in [3.05, 3.63) is 192 Å². The van der Waals surface area contributed by atoms with Crippen LogP contribution >= 0.6 is 0 Å². The van der Waals surface area contributed by atoms with Gasteiger partial charge in [0, 0.05) is 22.3 Å². The first-order valence-electron chi connectivity index (χ1n) is 17.2. The molecule has 0 radical (unpaired) electrons. The first-order valence-corrected chi connectivity index (χ1v) is 17.2. The topological polar surface area (TPSA) is 44.2 Å². The number of hydrogen-bond donors (Lipinski definition) is 0. The Balaban J connectivity index is 1.20. The van der Waals surface area contributed by atoms with E-state index in [0.717, 1.165) is 56.5 Å². The van der Waals surface area contributed by atoms with Crippen LogP contribution < -0.4 is 9.47 Å². The lowest BCUT2D eigenvalue weighted by molar-refractivity contribution is 0.360. The number of nitrogens with zero attached hydrogens (tertiary/aromatic N) is 2. The van der Waals surface area contributed by atoms with Crippen LogP contribution in [0, 0.1) is 0 Å². The lowest BCUT2D eigenvalue weighted by Gasteiger charge is -2.31. The van der Waals surface area contributed by atoms with Gasteiger partial charge in [0.05, 0.1) is 16.8 Å². The molecule has 0 saturated carbocycles. The van der Waals surface area contributed by atoms with Gasteiger partial charge < -0.3 is 9.47 Å². The minimum absolute atomic E-state index is 0.569. The van der Waals surface area contributed by atoms with Crippen LogP contribution in [0.3, 0.4) is 0 Å². The average Bonchev–Trinajstić information content (AvgIpc) is 3.68. The Kier molecular flexibility index (Phi) is 5.84. The van der Waals surface area contributed by atoms with Gasteiger partial charge in [0.2, 0.25) is 0 Å². The largest absolute Gasteiger partial charge is 0.449 e. The van der Waals surface area contributed by atoms with Crippen LogP contribution in [-0.4, -0.2) is 9.97 Å². The van der Waals surface area contributed by atoms with Gasteiger partial charge in [-0.25, -0.2) is 9.97 Å². The number of ether oxygens (including phenoxy) is 2. The Labute approximate surface area is 295 Å². The minimum Gasteiger partial charge on any atom is -0.449 e. The molecular formula is C47H28N2O2. The third-order valence-corrected chi connectivity index (χ3v) is 10.6. The van der Waals surface area contributed by atoms with E-state index >= 15 is 0 Å². The second-order valence-electron chi connectivity index (χ2n) is 13.3. The van der Waals surface area contributed by atoms with Crippen LogP contribution in [-0.2, 0) is 5.41 Å². The van der Waals surface area contributed by atoms with Crippen molar-refractivity contribution in [1.29, 1.82) is 0 Å². The van der Waals surface area contributed by atoms with Crippen LogP contribution in [0.15, 0.2) is 170 Å². The fourth-order valence-electron chi connectivity index (χ4n) is 8.43. The predicted octanol–water partition coefficient (Wildman–Crippen LogP) is 11.7. The predicted molar refractivity (Wildman–Crippen MR) is 201 cm³/mol. The van der Waals surface area contributed by atoms with Gasteiger partial charge in [0.15, 0.2) is 28.8 Å². The lowest BCUT2D eigenvalue weighted by atomic mass is 9.70. The molecule has 1 spiro atoms. The zero-order valence-corrected chi connectivity index (χ0v) is 27.4. The highest BCUT2D eigenvalue weighted by Gasteiger charge is 2.53. The number of fused-ring (bicyclic) bond motifs is 13. The minimum atomic E-state index is -0.569. The third-order valence-electron chi connectivity index (χ3n) is 10.6. The van der Waals surface area contributed by atoms with Crippen molar-refractivity contribution >= 4 is 0 Å². The van der Waals surface area contributed by atoms with Crippen LogP contribution in [0.1, 0.15) is 22.3 Å². The molecule has 8 aromatic rings. The van der Waals surface area contributed by atoms with E-state index in [-0.39, 0.29) is 0 Å². The van der Waals surface area contributed by atoms with Gasteiger partial charge in [0.1, 0.15) is 0 Å². The summed E-state index contributed by atoms with van der Waals surface area (Å²) in [7, 11) is 0. The summed E-state index contributed by atoms with van der Waals surface area (Å²) in [6, 6.07) is 59.3. The molecule has 0 bridgehead atoms. The van der Waals surface area contributed by atoms with Gasteiger partial charge in [-0.3, -0.25) is 0 Å². The smallest absolute Gasteiger partial charge is 0.178 e. The SMILES string of the molecule is c1ccc(-c2cc(-c3ccc4c(c3)C3(c5ccccc5-c5ccccc53)c3ccc5c(c3-4)Oc3ccccc3O5)nc(-c3ccccc3)n2)cc1. The lowest BCUT2D eigenvalue weighted by Crippen LogP contribution is -2.26. The number of aromatic nitrogens is 2. The molecule has 0 N–H and O–H groups in total. The number of benzene rings is 7. The van der Waals surface area contributed by atoms with E-state index in [1.165, 1.54) is 33.4 Å². The summed E-state index contributed by atoms with van der Waals surface area (Å²) in [5, 5.41) is 0. The summed E-state index contributed by atoms with van der Waals surface area (Å²) < 4.78 is 13.2. The zero-order chi connectivity index (χ0) is 33.5. The standard InChI is InChI=1S/C47H28N2O2/c1-3-13-29(14-4-1)39-28-40(49-46(48-39)30-15-5-2-6-16-30)31-23-24-34-38(27-31)47(35-19-9-7-17-32(35)33-18-8-10-20-36(33)47)37-25-26-43-45(44(34)37)51-42-22-12-11-21-41(42)50-43/h1-28H. The van der Waals surface area contributed by atoms with E-state index < -0.39 is 5.41 Å². The van der Waals surface area contributed by atoms with E-state index in [9.17, 15) is 0 Å². The highest BCUT2D eigenvalue weighted by atomic mass is 16.6. The highest BCUT2D eigenvalue weighted by molar-refractivity contribution is 5.98. The number of para-hydroxylation sites is 2. The second kappa shape index (κ2) is 10.6. The van der Waals surface area contributed by atoms with Crippen molar-refractivity contribution in [1.82, 2.24) is 9.97 Å². The van der Waals surface area contributed by atoms with Crippen molar-refractivity contribution in [3.63, 3.8) is 0 Å². The van der Waals surface area contributed by atoms with Gasteiger partial charge in [0.25, 0.3) is 0 Å². The van der Waals surface area contributed by atoms with E-state index in [0.29, 0.717) is 11.6 Å². The quantitative estimate of drug-likeness (QED) is 0.191. The monoisotopic (exact) mass is 652 g/mol. The molecule has 2 aliphatic carbocycles. The zero-order valence-electron chi connectivity index (χ0n) is 27.4. The molecule has 11 rings (SSSR count). The maximum atomic E-state index is 6.75. The maximum absolute atomic E-state index is 6.75. The van der Waals surface area contributed by atoms with Gasteiger partial charge in [-0.2, -0.15) is 0 Å². The Hall–Kier alpha value is -6.78. The maximum Gasteiger partial charge on any atom is 0.178 e. The second-order valence-corrected chi connectivity index (χ2v) is 13.3. The van der Waals surface area contributed by atoms with Gasteiger partial charge in [-0.15, -0.1) is 0 Å². The molecule has 0 unspecified atom stereocenters. The Morgan fingerprint density at radius 2 is 0.961 bits per heavy atom. The molecule has 51 heavy (non-hydrogen) atoms. The Morgan fingerprint density at radius 1 is 0.373 bits per heavy atom. The number of rotatable bonds is 3. The number of hydrogen-bond acceptors (Lipinski definition) is 4. The van der Waals surface area contributed by atoms with E-state index in [2.05, 4.69) is 121 Å². The van der Waals surface area contributed by atoms with Crippen molar-refractivity contribution in [2.24, 2.45) is 0 Å². The molecule has 3 aliphatic rings. The van der Waals surface area contributed by atoms with Gasteiger partial charge >= 0.3 is 0 Å². The van der Waals surface area contributed by atoms with E-state index in [1.807, 2.05) is 48.5 Å². The van der Waals surface area contributed by atoms with Gasteiger partial charge in [-0.05, 0) is 69.3 Å². The molecule has 4 nitrogen and oxygen atoms in total. The van der Waals surface area contributed by atoms with Crippen molar-refractivity contribution in [2.75, 3.05) is 0 Å². The fourth-order valence-corrected chi connectivity index (χ4v) is 8.43. The normalized spacial score (nSPS) is 13.6. The molecule has 238 valence electrons. The molecule has 7 aromatic carbocycles. The van der Waals surface area contributed by atoms with Crippen molar-refractivity contribution in [3.8, 4) is 79.2 Å². The first kappa shape index (κ1) is 28.1. The van der Waals surface area contributed by atoms with Crippen LogP contribution in [0.2, 0.25) is 0 Å². The summed E-state index contributed by atoms with van der Waals surface area (Å²) in [4.78, 5) is 10.3. The van der Waals surface area contributed by atoms with E-state index in [1.54, 1.807) is 0 Å². The highest BCUT2D eigenvalue weighted by Crippen LogP contribution is 2.66. The Bertz CT molecular complexity index is 2600. The molecule has 0 fully saturated rings. The summed E-state index contributed by atoms with van der Waals surface area (Å²) in [6.45, 7) is 0. The van der Waals surface area contributed by atoms with Gasteiger partial charge in [-0.1, -0.05) is 140 Å². The molecular weight excluding hydrogens is 625 g/mol. The van der Waals surface area contributed by atoms with Crippen molar-refractivity contribution in [2.45, 2.75) is 5.41 Å². The third kappa shape index (κ3) is 3.96. The summed E-state index contributed by atoms with van der Waals surface area (Å²) in [5.74, 6) is 3.60. The Morgan fingerprint density at radius 3 is 1.67 bits per heavy atom. The molecule has 1 aliphatic heterocycles. The molecule has 0 amide bonds. The molecule has 0 atom stereocenters. The summed E-state index contributed by atoms with van der Waals surface area (Å²) in [5.41, 5.74) is 13.8. The van der Waals surface area contributed by atoms with Crippen molar-refractivity contribution < 1.29 is 9.47 Å². The van der Waals surface area contributed by atoms with Crippen LogP contribution in [0.25, 0.3) is 56.2 Å². The van der Waals surface area contributed by atoms with Crippen LogP contribution in [0.4, 0.5) is 0 Å². The molecule has 4 heteroatoms. The molecule has 2 heterocycles. The average molecular weight is 653 g/mol. The van der Waals surface area contributed by atoms with E-state index in [4.69, 9.17) is 19.4 Å². The first-order chi connectivity index (χ1) is 25.3. The summed E-state index contributed by atoms with van der Waals surface area (Å²) in [6.07, 6.45) is 0. The summed E-state index contributed by atoms with van der Waals surface area (Å²) >= 11 is 0. The van der Waals surface area contributed by atoms with Crippen LogP contribution in [0.5, 0.6) is 23.0 Å². The molecule has 1 aromatic heterocycles.